The maximum Gasteiger partial charge on any atom is 0.343 e. The molecule has 0 atom stereocenters. The molecule has 0 heterocycles. The number of nitrogens with one attached hydrogen (secondary N) is 1. The largest absolute Gasteiger partial charge is 0.493 e. The van der Waals surface area contributed by atoms with Crippen LogP contribution in [0.3, 0.4) is 0 Å². The van der Waals surface area contributed by atoms with E-state index in [1.54, 1.807) is 73.7 Å². The van der Waals surface area contributed by atoms with E-state index >= 15 is 0 Å². The molecule has 224 valence electrons. The van der Waals surface area contributed by atoms with Crippen molar-refractivity contribution in [2.45, 2.75) is 19.8 Å². The van der Waals surface area contributed by atoms with Crippen molar-refractivity contribution in [3.63, 3.8) is 0 Å². The molecule has 10 nitrogen and oxygen atoms in total. The van der Waals surface area contributed by atoms with Gasteiger partial charge in [-0.15, -0.1) is 0 Å². The molecule has 0 aliphatic heterocycles. The normalized spacial score (nSPS) is 10.2. The molecule has 3 aromatic rings. The summed E-state index contributed by atoms with van der Waals surface area (Å²) in [5.74, 6) is -0.334. The molecule has 0 radical (unpaired) electrons. The minimum Gasteiger partial charge on any atom is -0.493 e. The highest BCUT2D eigenvalue weighted by Gasteiger charge is 2.12. The molecular formula is C33H33NO9. The summed E-state index contributed by atoms with van der Waals surface area (Å²) < 4.78 is 26.4. The Kier molecular flexibility index (Phi) is 12.5. The molecule has 3 rings (SSSR count). The summed E-state index contributed by atoms with van der Waals surface area (Å²) in [6.45, 7) is 9.60. The first-order chi connectivity index (χ1) is 20.8. The summed E-state index contributed by atoms with van der Waals surface area (Å²) in [5, 5.41) is 2.85. The van der Waals surface area contributed by atoms with E-state index < -0.39 is 17.9 Å². The molecule has 0 aromatic heterocycles. The predicted molar refractivity (Wildman–Crippen MR) is 160 cm³/mol. The summed E-state index contributed by atoms with van der Waals surface area (Å²) in [6.07, 6.45) is 3.24. The Hall–Kier alpha value is -5.38. The van der Waals surface area contributed by atoms with Crippen molar-refractivity contribution in [2.75, 3.05) is 31.7 Å². The summed E-state index contributed by atoms with van der Waals surface area (Å²) >= 11 is 0. The molecule has 10 heteroatoms. The van der Waals surface area contributed by atoms with Gasteiger partial charge in [0.2, 0.25) is 0 Å². The van der Waals surface area contributed by atoms with Crippen LogP contribution in [0.15, 0.2) is 92.0 Å². The predicted octanol–water partition coefficient (Wildman–Crippen LogP) is 5.46. The van der Waals surface area contributed by atoms with Crippen molar-refractivity contribution < 1.29 is 42.9 Å². The quantitative estimate of drug-likeness (QED) is 0.101. The maximum absolute atomic E-state index is 12.8. The monoisotopic (exact) mass is 587 g/mol. The van der Waals surface area contributed by atoms with Crippen LogP contribution in [-0.4, -0.2) is 50.2 Å². The zero-order chi connectivity index (χ0) is 31.0. The second kappa shape index (κ2) is 16.8. The van der Waals surface area contributed by atoms with Gasteiger partial charge in [0, 0.05) is 36.2 Å². The summed E-state index contributed by atoms with van der Waals surface area (Å²) in [7, 11) is 0. The molecule has 0 fully saturated rings. The fourth-order valence-corrected chi connectivity index (χ4v) is 3.55. The molecule has 0 aliphatic rings. The minimum absolute atomic E-state index is 0.222. The first kappa shape index (κ1) is 32.1. The molecule has 1 N–H and O–H groups in total. The van der Waals surface area contributed by atoms with Gasteiger partial charge in [0.15, 0.2) is 0 Å². The van der Waals surface area contributed by atoms with E-state index in [1.807, 2.05) is 0 Å². The molecule has 0 spiro atoms. The Morgan fingerprint density at radius 1 is 0.674 bits per heavy atom. The number of hydrogen-bond donors (Lipinski definition) is 1. The van der Waals surface area contributed by atoms with Crippen LogP contribution in [0, 0.1) is 6.92 Å². The first-order valence-electron chi connectivity index (χ1n) is 13.5. The lowest BCUT2D eigenvalue weighted by molar-refractivity contribution is -0.138. The highest BCUT2D eigenvalue weighted by atomic mass is 16.5. The van der Waals surface area contributed by atoms with Crippen LogP contribution in [0.1, 0.15) is 39.1 Å². The third kappa shape index (κ3) is 10.8. The molecule has 0 bridgehead atoms. The topological polar surface area (TPSA) is 126 Å². The molecule has 0 aliphatic carbocycles. The lowest BCUT2D eigenvalue weighted by Gasteiger charge is -2.12. The van der Waals surface area contributed by atoms with Gasteiger partial charge in [-0.25, -0.2) is 14.4 Å². The van der Waals surface area contributed by atoms with E-state index in [9.17, 15) is 19.2 Å². The molecule has 0 saturated carbocycles. The standard InChI is InChI=1S/C33H33NO9/c1-4-30(35)41-20-6-18-39-26-12-8-24(9-13-26)32(37)34-29-17-16-28(22-23(29)3)43-33(38)25-10-14-27(15-11-25)40-19-7-21-42-31(36)5-2/h4-5,8-17,22H,1-2,6-7,18-21H2,3H3,(H,34,37). The van der Waals surface area contributed by atoms with Gasteiger partial charge in [-0.1, -0.05) is 13.2 Å². The van der Waals surface area contributed by atoms with Crippen molar-refractivity contribution >= 4 is 29.5 Å². The van der Waals surface area contributed by atoms with Gasteiger partial charge in [0.25, 0.3) is 5.91 Å². The van der Waals surface area contributed by atoms with E-state index in [2.05, 4.69) is 18.5 Å². The second-order valence-electron chi connectivity index (χ2n) is 9.02. The number of esters is 3. The maximum atomic E-state index is 12.8. The Labute approximate surface area is 249 Å². The van der Waals surface area contributed by atoms with E-state index in [-0.39, 0.29) is 19.1 Å². The van der Waals surface area contributed by atoms with E-state index in [0.29, 0.717) is 65.7 Å². The minimum atomic E-state index is -0.542. The number of hydrogen-bond acceptors (Lipinski definition) is 9. The van der Waals surface area contributed by atoms with Gasteiger partial charge in [-0.05, 0) is 79.2 Å². The zero-order valence-electron chi connectivity index (χ0n) is 23.8. The van der Waals surface area contributed by atoms with E-state index in [1.165, 1.54) is 0 Å². The fourth-order valence-electron chi connectivity index (χ4n) is 3.55. The Morgan fingerprint density at radius 3 is 1.65 bits per heavy atom. The number of aryl methyl sites for hydroxylation is 1. The SMILES string of the molecule is C=CC(=O)OCCCOc1ccc(C(=O)Nc2ccc(OC(=O)c3ccc(OCCCOC(=O)C=C)cc3)cc2C)cc1. The molecule has 3 aromatic carbocycles. The summed E-state index contributed by atoms with van der Waals surface area (Å²) in [4.78, 5) is 47.4. The molecule has 0 unspecified atom stereocenters. The van der Waals surface area contributed by atoms with Crippen LogP contribution in [0.5, 0.6) is 17.2 Å². The fraction of sp³-hybridized carbons (Fsp3) is 0.212. The number of ether oxygens (including phenoxy) is 5. The van der Waals surface area contributed by atoms with Gasteiger partial charge >= 0.3 is 17.9 Å². The number of benzene rings is 3. The smallest absolute Gasteiger partial charge is 0.343 e. The Bertz CT molecular complexity index is 1430. The van der Waals surface area contributed by atoms with Gasteiger partial charge < -0.3 is 29.0 Å². The highest BCUT2D eigenvalue weighted by Crippen LogP contribution is 2.24. The first-order valence-corrected chi connectivity index (χ1v) is 13.5. The molecule has 1 amide bonds. The average Bonchev–Trinajstić information content (AvgIpc) is 3.02. The van der Waals surface area contributed by atoms with Crippen LogP contribution in [-0.2, 0) is 19.1 Å². The van der Waals surface area contributed by atoms with E-state index in [0.717, 1.165) is 12.2 Å². The Balaban J connectivity index is 1.45. The van der Waals surface area contributed by atoms with Crippen molar-refractivity contribution in [1.82, 2.24) is 0 Å². The number of amides is 1. The zero-order valence-corrected chi connectivity index (χ0v) is 23.8. The lowest BCUT2D eigenvalue weighted by Crippen LogP contribution is -2.13. The van der Waals surface area contributed by atoms with Crippen LogP contribution < -0.4 is 19.5 Å². The molecular weight excluding hydrogens is 554 g/mol. The van der Waals surface area contributed by atoms with Crippen LogP contribution in [0.2, 0.25) is 0 Å². The second-order valence-corrected chi connectivity index (χ2v) is 9.02. The van der Waals surface area contributed by atoms with E-state index in [4.69, 9.17) is 23.7 Å². The van der Waals surface area contributed by atoms with Crippen molar-refractivity contribution in [3.05, 3.63) is 109 Å². The Morgan fingerprint density at radius 2 is 1.16 bits per heavy atom. The third-order valence-electron chi connectivity index (χ3n) is 5.80. The average molecular weight is 588 g/mol. The van der Waals surface area contributed by atoms with Crippen molar-refractivity contribution in [2.24, 2.45) is 0 Å². The summed E-state index contributed by atoms with van der Waals surface area (Å²) in [6, 6.07) is 18.1. The number of carbonyl (C=O) groups is 4. The van der Waals surface area contributed by atoms with Gasteiger partial charge in [-0.3, -0.25) is 4.79 Å². The van der Waals surface area contributed by atoms with Gasteiger partial charge in [0.1, 0.15) is 17.2 Å². The van der Waals surface area contributed by atoms with Crippen LogP contribution in [0.4, 0.5) is 5.69 Å². The van der Waals surface area contributed by atoms with Crippen molar-refractivity contribution in [1.29, 1.82) is 0 Å². The number of anilines is 1. The van der Waals surface area contributed by atoms with Gasteiger partial charge in [0.05, 0.1) is 32.0 Å². The van der Waals surface area contributed by atoms with Gasteiger partial charge in [-0.2, -0.15) is 0 Å². The molecule has 0 saturated heterocycles. The van der Waals surface area contributed by atoms with Crippen LogP contribution >= 0.6 is 0 Å². The summed E-state index contributed by atoms with van der Waals surface area (Å²) in [5.41, 5.74) is 2.05. The highest BCUT2D eigenvalue weighted by molar-refractivity contribution is 6.04. The third-order valence-corrected chi connectivity index (χ3v) is 5.80. The molecule has 43 heavy (non-hydrogen) atoms. The van der Waals surface area contributed by atoms with Crippen molar-refractivity contribution in [3.8, 4) is 17.2 Å². The lowest BCUT2D eigenvalue weighted by atomic mass is 10.1. The number of rotatable bonds is 16. The van der Waals surface area contributed by atoms with Crippen LogP contribution in [0.25, 0.3) is 0 Å². The number of carbonyl (C=O) groups excluding carboxylic acids is 4.